The van der Waals surface area contributed by atoms with Crippen LogP contribution in [0.5, 0.6) is 5.75 Å². The summed E-state index contributed by atoms with van der Waals surface area (Å²) >= 11 is 0. The molecule has 0 bridgehead atoms. The summed E-state index contributed by atoms with van der Waals surface area (Å²) in [7, 11) is 1.33. The van der Waals surface area contributed by atoms with Gasteiger partial charge in [0.1, 0.15) is 5.75 Å². The quantitative estimate of drug-likeness (QED) is 0.764. The fourth-order valence-corrected chi connectivity index (χ4v) is 1.23. The summed E-state index contributed by atoms with van der Waals surface area (Å²) in [5.74, 6) is 0.590. The Kier molecular flexibility index (Phi) is 4.79. The Labute approximate surface area is 95.3 Å². The van der Waals surface area contributed by atoms with Crippen LogP contribution in [0, 0.1) is 0 Å². The number of hydrogen-bond donors (Lipinski definition) is 1. The van der Waals surface area contributed by atoms with E-state index in [1.54, 1.807) is 0 Å². The highest BCUT2D eigenvalue weighted by molar-refractivity contribution is 5.70. The molecule has 1 aromatic rings. The Morgan fingerprint density at radius 2 is 2.00 bits per heavy atom. The van der Waals surface area contributed by atoms with E-state index in [4.69, 9.17) is 10.5 Å². The van der Waals surface area contributed by atoms with Crippen molar-refractivity contribution in [3.63, 3.8) is 0 Å². The van der Waals surface area contributed by atoms with Crippen molar-refractivity contribution in [1.29, 1.82) is 0 Å². The van der Waals surface area contributed by atoms with Gasteiger partial charge < -0.3 is 15.2 Å². The Morgan fingerprint density at radius 1 is 1.38 bits per heavy atom. The molecular weight excluding hydrogens is 206 g/mol. The van der Waals surface area contributed by atoms with Crippen LogP contribution in [-0.2, 0) is 9.53 Å². The fraction of sp³-hybridized carbons (Fsp3) is 0.417. The van der Waals surface area contributed by atoms with Crippen molar-refractivity contribution in [2.45, 2.75) is 12.8 Å². The molecule has 0 saturated carbocycles. The van der Waals surface area contributed by atoms with Crippen molar-refractivity contribution < 1.29 is 14.3 Å². The van der Waals surface area contributed by atoms with Crippen LogP contribution in [0.3, 0.4) is 0 Å². The predicted molar refractivity (Wildman–Crippen MR) is 61.4 cm³/mol. The molecule has 0 aliphatic carbocycles. The Hall–Kier alpha value is -1.55. The molecule has 1 aromatic carbocycles. The Morgan fingerprint density at radius 3 is 2.50 bits per heavy atom. The van der Waals surface area contributed by atoms with Gasteiger partial charge in [-0.15, -0.1) is 0 Å². The zero-order chi connectivity index (χ0) is 12.0. The van der Waals surface area contributed by atoms with Crippen molar-refractivity contribution in [1.82, 2.24) is 0 Å². The normalized spacial score (nSPS) is 11.9. The van der Waals surface area contributed by atoms with E-state index < -0.39 is 0 Å². The highest BCUT2D eigenvalue weighted by Gasteiger charge is 2.04. The maximum Gasteiger partial charge on any atom is 0.343 e. The second kappa shape index (κ2) is 6.12. The summed E-state index contributed by atoms with van der Waals surface area (Å²) in [5, 5.41) is 0. The van der Waals surface area contributed by atoms with E-state index in [2.05, 4.69) is 11.7 Å². The van der Waals surface area contributed by atoms with E-state index in [0.29, 0.717) is 18.2 Å². The summed E-state index contributed by atoms with van der Waals surface area (Å²) in [6, 6.07) is 7.54. The molecule has 0 aliphatic heterocycles. The van der Waals surface area contributed by atoms with Gasteiger partial charge in [0.05, 0.1) is 7.11 Å². The summed E-state index contributed by atoms with van der Waals surface area (Å²) in [5.41, 5.74) is 6.73. The number of carbonyl (C=O) groups is 1. The van der Waals surface area contributed by atoms with Gasteiger partial charge in [0.15, 0.2) is 6.61 Å². The van der Waals surface area contributed by atoms with Crippen LogP contribution in [0.1, 0.15) is 18.4 Å². The molecule has 1 unspecified atom stereocenters. The lowest BCUT2D eigenvalue weighted by Crippen LogP contribution is -2.12. The van der Waals surface area contributed by atoms with Crippen molar-refractivity contribution in [3.8, 4) is 5.75 Å². The third-order valence-electron chi connectivity index (χ3n) is 2.39. The molecule has 1 rings (SSSR count). The van der Waals surface area contributed by atoms with Crippen LogP contribution < -0.4 is 10.5 Å². The van der Waals surface area contributed by atoms with Crippen LogP contribution in [0.15, 0.2) is 24.3 Å². The third-order valence-corrected chi connectivity index (χ3v) is 2.39. The van der Waals surface area contributed by atoms with Gasteiger partial charge in [-0.3, -0.25) is 0 Å². The molecular formula is C12H17NO3. The molecule has 0 heterocycles. The first kappa shape index (κ1) is 12.5. The zero-order valence-electron chi connectivity index (χ0n) is 9.60. The van der Waals surface area contributed by atoms with Gasteiger partial charge in [0.25, 0.3) is 0 Å². The SMILES string of the molecule is COC(=O)COc1ccc(C(C)CN)cc1. The van der Waals surface area contributed by atoms with Gasteiger partial charge in [0.2, 0.25) is 0 Å². The highest BCUT2D eigenvalue weighted by atomic mass is 16.6. The number of methoxy groups -OCH3 is 1. The number of hydrogen-bond acceptors (Lipinski definition) is 4. The molecule has 0 radical (unpaired) electrons. The summed E-state index contributed by atoms with van der Waals surface area (Å²) in [6.07, 6.45) is 0. The van der Waals surface area contributed by atoms with Crippen molar-refractivity contribution in [3.05, 3.63) is 29.8 Å². The van der Waals surface area contributed by atoms with E-state index in [9.17, 15) is 4.79 Å². The first-order valence-corrected chi connectivity index (χ1v) is 5.17. The van der Waals surface area contributed by atoms with Gasteiger partial charge in [-0.1, -0.05) is 19.1 Å². The van der Waals surface area contributed by atoms with Gasteiger partial charge in [-0.25, -0.2) is 4.79 Å². The average Bonchev–Trinajstić information content (AvgIpc) is 2.35. The summed E-state index contributed by atoms with van der Waals surface area (Å²) < 4.78 is 9.69. The molecule has 4 heteroatoms. The monoisotopic (exact) mass is 223 g/mol. The lowest BCUT2D eigenvalue weighted by Gasteiger charge is -2.10. The Bertz CT molecular complexity index is 335. The molecule has 16 heavy (non-hydrogen) atoms. The van der Waals surface area contributed by atoms with Crippen LogP contribution in [0.4, 0.5) is 0 Å². The highest BCUT2D eigenvalue weighted by Crippen LogP contribution is 2.18. The molecule has 0 spiro atoms. The topological polar surface area (TPSA) is 61.5 Å². The maximum atomic E-state index is 10.8. The maximum absolute atomic E-state index is 10.8. The standard InChI is InChI=1S/C12H17NO3/c1-9(7-13)10-3-5-11(6-4-10)16-8-12(14)15-2/h3-6,9H,7-8,13H2,1-2H3. The molecule has 2 N–H and O–H groups in total. The van der Waals surface area contributed by atoms with Gasteiger partial charge in [-0.05, 0) is 30.2 Å². The number of rotatable bonds is 5. The molecule has 4 nitrogen and oxygen atoms in total. The fourth-order valence-electron chi connectivity index (χ4n) is 1.23. The molecule has 0 aliphatic rings. The second-order valence-electron chi connectivity index (χ2n) is 3.57. The lowest BCUT2D eigenvalue weighted by molar-refractivity contribution is -0.142. The van der Waals surface area contributed by atoms with E-state index in [0.717, 1.165) is 5.56 Å². The van der Waals surface area contributed by atoms with Crippen molar-refractivity contribution in [2.24, 2.45) is 5.73 Å². The predicted octanol–water partition coefficient (Wildman–Crippen LogP) is 1.30. The number of nitrogens with two attached hydrogens (primary N) is 1. The zero-order valence-corrected chi connectivity index (χ0v) is 9.60. The van der Waals surface area contributed by atoms with E-state index in [1.165, 1.54) is 7.11 Å². The molecule has 1 atom stereocenters. The number of carbonyl (C=O) groups excluding carboxylic acids is 1. The van der Waals surface area contributed by atoms with Crippen molar-refractivity contribution >= 4 is 5.97 Å². The smallest absolute Gasteiger partial charge is 0.343 e. The van der Waals surface area contributed by atoms with Gasteiger partial charge in [-0.2, -0.15) is 0 Å². The third kappa shape index (κ3) is 3.55. The average molecular weight is 223 g/mol. The van der Waals surface area contributed by atoms with E-state index >= 15 is 0 Å². The first-order valence-electron chi connectivity index (χ1n) is 5.17. The van der Waals surface area contributed by atoms with Crippen LogP contribution in [0.2, 0.25) is 0 Å². The van der Waals surface area contributed by atoms with Gasteiger partial charge in [0, 0.05) is 0 Å². The number of ether oxygens (including phenoxy) is 2. The minimum absolute atomic E-state index is 0.0672. The molecule has 0 aromatic heterocycles. The summed E-state index contributed by atoms with van der Waals surface area (Å²) in [4.78, 5) is 10.8. The number of benzene rings is 1. The molecule has 0 amide bonds. The van der Waals surface area contributed by atoms with E-state index in [-0.39, 0.29) is 12.6 Å². The molecule has 0 fully saturated rings. The van der Waals surface area contributed by atoms with Gasteiger partial charge >= 0.3 is 5.97 Å². The first-order chi connectivity index (χ1) is 7.67. The van der Waals surface area contributed by atoms with Crippen molar-refractivity contribution in [2.75, 3.05) is 20.3 Å². The van der Waals surface area contributed by atoms with Crippen LogP contribution in [-0.4, -0.2) is 26.2 Å². The summed E-state index contributed by atoms with van der Waals surface area (Å²) in [6.45, 7) is 2.61. The van der Waals surface area contributed by atoms with Crippen LogP contribution >= 0.6 is 0 Å². The second-order valence-corrected chi connectivity index (χ2v) is 3.57. The Balaban J connectivity index is 2.54. The largest absolute Gasteiger partial charge is 0.482 e. The van der Waals surface area contributed by atoms with E-state index in [1.807, 2.05) is 24.3 Å². The molecule has 0 saturated heterocycles. The minimum atomic E-state index is -0.389. The van der Waals surface area contributed by atoms with Crippen LogP contribution in [0.25, 0.3) is 0 Å². The molecule has 88 valence electrons. The minimum Gasteiger partial charge on any atom is -0.482 e. The number of esters is 1. The lowest BCUT2D eigenvalue weighted by atomic mass is 10.0.